The Bertz CT molecular complexity index is 805. The van der Waals surface area contributed by atoms with Crippen LogP contribution in [0.15, 0.2) is 42.6 Å². The van der Waals surface area contributed by atoms with Gasteiger partial charge in [-0.2, -0.15) is 0 Å². The van der Waals surface area contributed by atoms with E-state index < -0.39 is 11.6 Å². The van der Waals surface area contributed by atoms with E-state index in [4.69, 9.17) is 0 Å². The van der Waals surface area contributed by atoms with E-state index in [0.717, 1.165) is 43.0 Å². The molecule has 124 valence electrons. The molecule has 3 heterocycles. The minimum atomic E-state index is -0.514. The molecule has 0 radical (unpaired) electrons. The molecule has 24 heavy (non-hydrogen) atoms. The molecule has 1 aliphatic rings. The second-order valence-electron chi connectivity index (χ2n) is 6.52. The van der Waals surface area contributed by atoms with Gasteiger partial charge in [-0.1, -0.05) is 0 Å². The van der Waals surface area contributed by atoms with Crippen LogP contribution < -0.4 is 0 Å². The van der Waals surface area contributed by atoms with Crippen LogP contribution in [-0.4, -0.2) is 28.0 Å². The fourth-order valence-electron chi connectivity index (χ4n) is 3.61. The van der Waals surface area contributed by atoms with E-state index in [2.05, 4.69) is 27.0 Å². The van der Waals surface area contributed by atoms with Crippen molar-refractivity contribution in [3.8, 4) is 0 Å². The number of hydrogen-bond acceptors (Lipinski definition) is 2. The number of aromatic nitrogens is 2. The normalized spacial score (nSPS) is 19.0. The van der Waals surface area contributed by atoms with Gasteiger partial charge in [0.15, 0.2) is 0 Å². The van der Waals surface area contributed by atoms with Crippen LogP contribution in [0.3, 0.4) is 0 Å². The van der Waals surface area contributed by atoms with Gasteiger partial charge in [0.2, 0.25) is 0 Å². The molecule has 0 aliphatic carbocycles. The second kappa shape index (κ2) is 6.32. The summed E-state index contributed by atoms with van der Waals surface area (Å²) in [6, 6.07) is 9.90. The average Bonchev–Trinajstić information content (AvgIpc) is 2.98. The molecule has 1 aromatic carbocycles. The van der Waals surface area contributed by atoms with Crippen molar-refractivity contribution in [2.24, 2.45) is 0 Å². The third kappa shape index (κ3) is 3.17. The number of rotatable bonds is 3. The molecule has 2 aromatic heterocycles. The van der Waals surface area contributed by atoms with Crippen LogP contribution in [-0.2, 0) is 6.54 Å². The Morgan fingerprint density at radius 2 is 2.00 bits per heavy atom. The molecule has 1 aliphatic heterocycles. The van der Waals surface area contributed by atoms with Gasteiger partial charge < -0.3 is 4.98 Å². The molecule has 0 amide bonds. The average molecular weight is 327 g/mol. The number of piperidine rings is 1. The highest BCUT2D eigenvalue weighted by Crippen LogP contribution is 2.29. The summed E-state index contributed by atoms with van der Waals surface area (Å²) < 4.78 is 26.7. The van der Waals surface area contributed by atoms with Crippen LogP contribution in [0.4, 0.5) is 8.78 Å². The molecule has 1 N–H and O–H groups in total. The van der Waals surface area contributed by atoms with Crippen molar-refractivity contribution >= 4 is 11.0 Å². The molecular formula is C19H19F2N3. The molecule has 0 saturated carbocycles. The van der Waals surface area contributed by atoms with Crippen LogP contribution in [0.2, 0.25) is 0 Å². The highest BCUT2D eigenvalue weighted by molar-refractivity contribution is 5.76. The van der Waals surface area contributed by atoms with Crippen molar-refractivity contribution in [3.05, 3.63) is 65.5 Å². The van der Waals surface area contributed by atoms with Gasteiger partial charge in [0, 0.05) is 42.4 Å². The minimum absolute atomic E-state index is 0.395. The summed E-state index contributed by atoms with van der Waals surface area (Å²) in [7, 11) is 0. The lowest BCUT2D eigenvalue weighted by molar-refractivity contribution is 0.198. The summed E-state index contributed by atoms with van der Waals surface area (Å²) in [5, 5.41) is 1.12. The van der Waals surface area contributed by atoms with E-state index in [1.807, 2.05) is 6.07 Å². The lowest BCUT2D eigenvalue weighted by atomic mass is 9.94. The van der Waals surface area contributed by atoms with Crippen molar-refractivity contribution in [2.45, 2.75) is 25.3 Å². The maximum absolute atomic E-state index is 13.4. The molecule has 0 unspecified atom stereocenters. The van der Waals surface area contributed by atoms with Crippen molar-refractivity contribution in [3.63, 3.8) is 0 Å². The maximum Gasteiger partial charge on any atom is 0.137 e. The molecule has 0 spiro atoms. The fraction of sp³-hybridized carbons (Fsp3) is 0.316. The standard InChI is InChI=1S/C19H19F2N3/c20-16-7-13(8-17(21)10-16)11-24-6-2-4-15(12-24)18-9-14-3-1-5-22-19(14)23-18/h1,3,5,7-10,15H,2,4,6,11-12H2,(H,22,23)/t15-/m1/s1. The predicted molar refractivity (Wildman–Crippen MR) is 89.7 cm³/mol. The molecule has 5 heteroatoms. The van der Waals surface area contributed by atoms with Gasteiger partial charge in [0.05, 0.1) is 0 Å². The third-order valence-electron chi connectivity index (χ3n) is 4.69. The molecule has 1 atom stereocenters. The first-order chi connectivity index (χ1) is 11.7. The second-order valence-corrected chi connectivity index (χ2v) is 6.52. The molecular weight excluding hydrogens is 308 g/mol. The maximum atomic E-state index is 13.4. The van der Waals surface area contributed by atoms with Gasteiger partial charge in [-0.3, -0.25) is 4.90 Å². The van der Waals surface area contributed by atoms with E-state index in [1.54, 1.807) is 6.20 Å². The highest BCUT2D eigenvalue weighted by atomic mass is 19.1. The number of benzene rings is 1. The number of halogens is 2. The van der Waals surface area contributed by atoms with E-state index in [0.29, 0.717) is 18.0 Å². The zero-order valence-corrected chi connectivity index (χ0v) is 13.3. The molecule has 3 aromatic rings. The van der Waals surface area contributed by atoms with Crippen LogP contribution in [0.5, 0.6) is 0 Å². The Morgan fingerprint density at radius 3 is 2.79 bits per heavy atom. The monoisotopic (exact) mass is 327 g/mol. The number of H-pyrrole nitrogens is 1. The number of nitrogens with zero attached hydrogens (tertiary/aromatic N) is 2. The molecule has 0 bridgehead atoms. The van der Waals surface area contributed by atoms with Crippen LogP contribution in [0, 0.1) is 11.6 Å². The summed E-state index contributed by atoms with van der Waals surface area (Å²) in [4.78, 5) is 10.0. The van der Waals surface area contributed by atoms with Crippen molar-refractivity contribution in [2.75, 3.05) is 13.1 Å². The topological polar surface area (TPSA) is 31.9 Å². The highest BCUT2D eigenvalue weighted by Gasteiger charge is 2.23. The van der Waals surface area contributed by atoms with Gasteiger partial charge in [0.25, 0.3) is 0 Å². The third-order valence-corrected chi connectivity index (χ3v) is 4.69. The largest absolute Gasteiger partial charge is 0.343 e. The zero-order chi connectivity index (χ0) is 16.5. The van der Waals surface area contributed by atoms with E-state index in [9.17, 15) is 8.78 Å². The van der Waals surface area contributed by atoms with Gasteiger partial charge in [0.1, 0.15) is 17.3 Å². The van der Waals surface area contributed by atoms with Gasteiger partial charge in [-0.15, -0.1) is 0 Å². The lowest BCUT2D eigenvalue weighted by Crippen LogP contribution is -2.34. The van der Waals surface area contributed by atoms with Crippen LogP contribution in [0.1, 0.15) is 30.0 Å². The first-order valence-electron chi connectivity index (χ1n) is 8.28. The summed E-state index contributed by atoms with van der Waals surface area (Å²) in [6.07, 6.45) is 3.97. The number of nitrogens with one attached hydrogen (secondary N) is 1. The molecule has 1 saturated heterocycles. The Balaban J connectivity index is 1.50. The van der Waals surface area contributed by atoms with Gasteiger partial charge in [-0.05, 0) is 55.3 Å². The minimum Gasteiger partial charge on any atom is -0.343 e. The summed E-state index contributed by atoms with van der Waals surface area (Å²) >= 11 is 0. The van der Waals surface area contributed by atoms with Crippen LogP contribution in [0.25, 0.3) is 11.0 Å². The molecule has 1 fully saturated rings. The Labute approximate surface area is 139 Å². The van der Waals surface area contributed by atoms with Crippen LogP contribution >= 0.6 is 0 Å². The smallest absolute Gasteiger partial charge is 0.137 e. The lowest BCUT2D eigenvalue weighted by Gasteiger charge is -2.32. The predicted octanol–water partition coefficient (Wildman–Crippen LogP) is 4.22. The van der Waals surface area contributed by atoms with Gasteiger partial charge in [-0.25, -0.2) is 13.8 Å². The quantitative estimate of drug-likeness (QED) is 0.781. The summed E-state index contributed by atoms with van der Waals surface area (Å²) in [5.74, 6) is -0.633. The number of pyridine rings is 1. The molecule has 4 rings (SSSR count). The number of aromatic amines is 1. The Morgan fingerprint density at radius 1 is 1.17 bits per heavy atom. The fourth-order valence-corrected chi connectivity index (χ4v) is 3.61. The van der Waals surface area contributed by atoms with E-state index in [1.165, 1.54) is 17.8 Å². The first kappa shape index (κ1) is 15.3. The van der Waals surface area contributed by atoms with Crippen molar-refractivity contribution in [1.82, 2.24) is 14.9 Å². The van der Waals surface area contributed by atoms with Gasteiger partial charge >= 0.3 is 0 Å². The Kier molecular flexibility index (Phi) is 4.02. The zero-order valence-electron chi connectivity index (χ0n) is 13.3. The van der Waals surface area contributed by atoms with Crippen molar-refractivity contribution in [1.29, 1.82) is 0 Å². The van der Waals surface area contributed by atoms with E-state index in [-0.39, 0.29) is 0 Å². The summed E-state index contributed by atoms with van der Waals surface area (Å²) in [5.41, 5.74) is 2.79. The Hall–Kier alpha value is -2.27. The first-order valence-corrected chi connectivity index (χ1v) is 8.28. The number of hydrogen-bond donors (Lipinski definition) is 1. The summed E-state index contributed by atoms with van der Waals surface area (Å²) in [6.45, 7) is 2.40. The van der Waals surface area contributed by atoms with Crippen molar-refractivity contribution < 1.29 is 8.78 Å². The number of fused-ring (bicyclic) bond motifs is 1. The molecule has 3 nitrogen and oxygen atoms in total. The SMILES string of the molecule is Fc1cc(F)cc(CN2CCC[C@@H](c3cc4cccnc4[nH]3)C2)c1. The number of likely N-dealkylation sites (tertiary alicyclic amines) is 1. The van der Waals surface area contributed by atoms with E-state index >= 15 is 0 Å².